The molecule has 0 aliphatic carbocycles. The van der Waals surface area contributed by atoms with Crippen molar-refractivity contribution in [2.45, 2.75) is 12.5 Å². The topological polar surface area (TPSA) is 61.4 Å². The molecular weight excluding hydrogens is 418 g/mol. The fraction of sp³-hybridized carbons (Fsp3) is 0.231. The highest BCUT2D eigenvalue weighted by Gasteiger charge is 2.24. The number of hydrogen-bond donors (Lipinski definition) is 2. The molecule has 1 unspecified atom stereocenters. The summed E-state index contributed by atoms with van der Waals surface area (Å²) in [5.74, 6) is 1.66. The van der Waals surface area contributed by atoms with E-state index in [9.17, 15) is 9.59 Å². The van der Waals surface area contributed by atoms with Crippen LogP contribution in [0.1, 0.15) is 15.9 Å². The van der Waals surface area contributed by atoms with E-state index in [-0.39, 0.29) is 11.8 Å². The third-order valence-corrected chi connectivity index (χ3v) is 6.40. The van der Waals surface area contributed by atoms with Crippen molar-refractivity contribution in [1.82, 2.24) is 5.32 Å². The average Bonchev–Trinajstić information content (AvgIpc) is 2.85. The summed E-state index contributed by atoms with van der Waals surface area (Å²) in [6, 6.07) is 25.9. The van der Waals surface area contributed by atoms with Gasteiger partial charge in [-0.2, -0.15) is 11.8 Å². The first-order valence-electron chi connectivity index (χ1n) is 10.8. The minimum absolute atomic E-state index is 0.225. The molecule has 1 atom stereocenters. The van der Waals surface area contributed by atoms with E-state index in [4.69, 9.17) is 0 Å². The van der Waals surface area contributed by atoms with Crippen LogP contribution in [0.25, 0.3) is 0 Å². The molecule has 0 saturated carbocycles. The summed E-state index contributed by atoms with van der Waals surface area (Å²) in [4.78, 5) is 28.5. The van der Waals surface area contributed by atoms with Gasteiger partial charge in [0.05, 0.1) is 11.4 Å². The Morgan fingerprint density at radius 1 is 0.844 bits per heavy atom. The molecule has 164 valence electrons. The molecular formula is C26H27N3O2S. The monoisotopic (exact) mass is 445 g/mol. The molecule has 0 spiro atoms. The Morgan fingerprint density at radius 2 is 1.47 bits per heavy atom. The lowest BCUT2D eigenvalue weighted by atomic mass is 10.0. The molecule has 1 fully saturated rings. The van der Waals surface area contributed by atoms with Gasteiger partial charge in [0.15, 0.2) is 0 Å². The van der Waals surface area contributed by atoms with Gasteiger partial charge >= 0.3 is 0 Å². The van der Waals surface area contributed by atoms with Gasteiger partial charge in [-0.3, -0.25) is 9.59 Å². The zero-order valence-electron chi connectivity index (χ0n) is 17.9. The first-order chi connectivity index (χ1) is 15.7. The highest BCUT2D eigenvalue weighted by Crippen LogP contribution is 2.28. The van der Waals surface area contributed by atoms with Crippen LogP contribution in [-0.2, 0) is 11.2 Å². The van der Waals surface area contributed by atoms with Crippen molar-refractivity contribution < 1.29 is 9.59 Å². The van der Waals surface area contributed by atoms with Gasteiger partial charge in [-0.1, -0.05) is 60.7 Å². The molecule has 0 radical (unpaired) electrons. The van der Waals surface area contributed by atoms with Crippen molar-refractivity contribution in [1.29, 1.82) is 0 Å². The van der Waals surface area contributed by atoms with Crippen LogP contribution in [0.5, 0.6) is 0 Å². The summed E-state index contributed by atoms with van der Waals surface area (Å²) < 4.78 is 0. The Kier molecular flexibility index (Phi) is 7.46. The standard InChI is InChI=1S/C26H27N3O2S/c30-25(21-11-5-2-6-12-21)28-23(19-20-9-3-1-4-10-20)26(31)27-22-13-7-8-14-24(22)29-15-17-32-18-16-29/h1-14,23H,15-19H2,(H,27,31)(H,28,30). The molecule has 0 aromatic heterocycles. The molecule has 3 aromatic rings. The maximum Gasteiger partial charge on any atom is 0.251 e. The van der Waals surface area contributed by atoms with Gasteiger partial charge in [0.1, 0.15) is 6.04 Å². The summed E-state index contributed by atoms with van der Waals surface area (Å²) in [7, 11) is 0. The molecule has 2 N–H and O–H groups in total. The first-order valence-corrected chi connectivity index (χ1v) is 12.0. The second-order valence-corrected chi connectivity index (χ2v) is 8.91. The molecule has 4 rings (SSSR count). The van der Waals surface area contributed by atoms with Gasteiger partial charge in [0, 0.05) is 36.6 Å². The predicted molar refractivity (Wildman–Crippen MR) is 132 cm³/mol. The van der Waals surface area contributed by atoms with E-state index in [0.29, 0.717) is 12.0 Å². The van der Waals surface area contributed by atoms with Crippen molar-refractivity contribution in [2.75, 3.05) is 34.8 Å². The number of anilines is 2. The maximum absolute atomic E-state index is 13.4. The molecule has 5 nitrogen and oxygen atoms in total. The SMILES string of the molecule is O=C(NC(Cc1ccccc1)C(=O)Nc1ccccc1N1CCSCC1)c1ccccc1. The van der Waals surface area contributed by atoms with Gasteiger partial charge in [-0.15, -0.1) is 0 Å². The highest BCUT2D eigenvalue weighted by molar-refractivity contribution is 7.99. The van der Waals surface area contributed by atoms with E-state index >= 15 is 0 Å². The number of rotatable bonds is 7. The number of carbonyl (C=O) groups is 2. The van der Waals surface area contributed by atoms with Crippen molar-refractivity contribution in [2.24, 2.45) is 0 Å². The summed E-state index contributed by atoms with van der Waals surface area (Å²) in [5, 5.41) is 6.02. The number of para-hydroxylation sites is 2. The van der Waals surface area contributed by atoms with Gasteiger partial charge in [0.25, 0.3) is 5.91 Å². The Morgan fingerprint density at radius 3 is 2.19 bits per heavy atom. The van der Waals surface area contributed by atoms with Crippen molar-refractivity contribution >= 4 is 35.0 Å². The number of hydrogen-bond acceptors (Lipinski definition) is 4. The zero-order chi connectivity index (χ0) is 22.2. The van der Waals surface area contributed by atoms with Crippen LogP contribution < -0.4 is 15.5 Å². The van der Waals surface area contributed by atoms with Crippen LogP contribution in [0.15, 0.2) is 84.9 Å². The molecule has 2 amide bonds. The number of carbonyl (C=O) groups excluding carboxylic acids is 2. The smallest absolute Gasteiger partial charge is 0.251 e. The van der Waals surface area contributed by atoms with E-state index in [1.807, 2.05) is 84.6 Å². The Labute approximate surface area is 193 Å². The first kappa shape index (κ1) is 22.0. The highest BCUT2D eigenvalue weighted by atomic mass is 32.2. The largest absolute Gasteiger partial charge is 0.368 e. The van der Waals surface area contributed by atoms with Crippen LogP contribution in [0.2, 0.25) is 0 Å². The second kappa shape index (κ2) is 10.9. The van der Waals surface area contributed by atoms with E-state index in [1.54, 1.807) is 12.1 Å². The fourth-order valence-corrected chi connectivity index (χ4v) is 4.67. The molecule has 32 heavy (non-hydrogen) atoms. The molecule has 1 saturated heterocycles. The lowest BCUT2D eigenvalue weighted by molar-refractivity contribution is -0.118. The number of benzene rings is 3. The number of amides is 2. The lowest BCUT2D eigenvalue weighted by Gasteiger charge is -2.30. The second-order valence-electron chi connectivity index (χ2n) is 7.69. The van der Waals surface area contributed by atoms with E-state index < -0.39 is 6.04 Å². The molecule has 1 aliphatic rings. The molecule has 0 bridgehead atoms. The average molecular weight is 446 g/mol. The predicted octanol–water partition coefficient (Wildman–Crippen LogP) is 4.22. The lowest BCUT2D eigenvalue weighted by Crippen LogP contribution is -2.45. The van der Waals surface area contributed by atoms with Crippen LogP contribution in [0.4, 0.5) is 11.4 Å². The van der Waals surface area contributed by atoms with Crippen molar-refractivity contribution in [3.8, 4) is 0 Å². The molecule has 3 aromatic carbocycles. The minimum Gasteiger partial charge on any atom is -0.368 e. The van der Waals surface area contributed by atoms with Crippen LogP contribution >= 0.6 is 11.8 Å². The third-order valence-electron chi connectivity index (χ3n) is 5.45. The van der Waals surface area contributed by atoms with Gasteiger partial charge in [-0.05, 0) is 29.8 Å². The summed E-state index contributed by atoms with van der Waals surface area (Å²) in [6.07, 6.45) is 0.410. The minimum atomic E-state index is -0.699. The molecule has 1 aliphatic heterocycles. The van der Waals surface area contributed by atoms with Gasteiger partial charge < -0.3 is 15.5 Å². The van der Waals surface area contributed by atoms with Crippen LogP contribution in [-0.4, -0.2) is 42.5 Å². The zero-order valence-corrected chi connectivity index (χ0v) is 18.7. The summed E-state index contributed by atoms with van der Waals surface area (Å²) >= 11 is 1.95. The van der Waals surface area contributed by atoms with E-state index in [0.717, 1.165) is 41.5 Å². The Hall–Kier alpha value is -3.25. The maximum atomic E-state index is 13.4. The number of nitrogens with zero attached hydrogens (tertiary/aromatic N) is 1. The van der Waals surface area contributed by atoms with Crippen molar-refractivity contribution in [3.05, 3.63) is 96.1 Å². The third kappa shape index (κ3) is 5.71. The van der Waals surface area contributed by atoms with Crippen LogP contribution in [0.3, 0.4) is 0 Å². The van der Waals surface area contributed by atoms with Crippen LogP contribution in [0, 0.1) is 0 Å². The van der Waals surface area contributed by atoms with E-state index in [1.165, 1.54) is 0 Å². The Balaban J connectivity index is 1.54. The number of thioether (sulfide) groups is 1. The number of nitrogens with one attached hydrogen (secondary N) is 2. The molecule has 1 heterocycles. The van der Waals surface area contributed by atoms with E-state index in [2.05, 4.69) is 15.5 Å². The van der Waals surface area contributed by atoms with Gasteiger partial charge in [-0.25, -0.2) is 0 Å². The van der Waals surface area contributed by atoms with Crippen molar-refractivity contribution in [3.63, 3.8) is 0 Å². The fourth-order valence-electron chi connectivity index (χ4n) is 3.77. The van der Waals surface area contributed by atoms with Gasteiger partial charge in [0.2, 0.25) is 5.91 Å². The summed E-state index contributed by atoms with van der Waals surface area (Å²) in [6.45, 7) is 1.91. The summed E-state index contributed by atoms with van der Waals surface area (Å²) in [5.41, 5.74) is 3.32. The quantitative estimate of drug-likeness (QED) is 0.572. The normalized spacial score (nSPS) is 14.4. The Bertz CT molecular complexity index is 1040. The molecule has 6 heteroatoms.